The van der Waals surface area contributed by atoms with Crippen LogP contribution in [0.25, 0.3) is 0 Å². The molecule has 2 atom stereocenters. The summed E-state index contributed by atoms with van der Waals surface area (Å²) in [6.07, 6.45) is -1.12. The van der Waals surface area contributed by atoms with Crippen molar-refractivity contribution in [1.29, 1.82) is 0 Å². The average Bonchev–Trinajstić information content (AvgIpc) is 2.64. The van der Waals surface area contributed by atoms with Gasteiger partial charge < -0.3 is 20.4 Å². The highest BCUT2D eigenvalue weighted by Crippen LogP contribution is 2.37. The van der Waals surface area contributed by atoms with Crippen LogP contribution in [0.3, 0.4) is 0 Å². The minimum absolute atomic E-state index is 0.0518. The van der Waals surface area contributed by atoms with Gasteiger partial charge in [-0.25, -0.2) is 4.79 Å². The number of carboxylic acids is 1. The van der Waals surface area contributed by atoms with E-state index in [1.54, 1.807) is 11.8 Å². The number of aliphatic carboxylic acids is 1. The quantitative estimate of drug-likeness (QED) is 0.709. The van der Waals surface area contributed by atoms with Crippen molar-refractivity contribution in [2.45, 2.75) is 42.2 Å². The van der Waals surface area contributed by atoms with Crippen LogP contribution < -0.4 is 10.2 Å². The van der Waals surface area contributed by atoms with E-state index in [4.69, 9.17) is 5.11 Å². The molecule has 0 aromatic heterocycles. The van der Waals surface area contributed by atoms with Gasteiger partial charge in [0, 0.05) is 41.9 Å². The van der Waals surface area contributed by atoms with E-state index in [0.717, 1.165) is 18.8 Å². The zero-order chi connectivity index (χ0) is 19.4. The number of hydrogen-bond acceptors (Lipinski definition) is 5. The smallest absolute Gasteiger partial charge is 0.332 e. The van der Waals surface area contributed by atoms with Gasteiger partial charge in [-0.3, -0.25) is 0 Å². The number of aryl methyl sites for hydroxylation is 2. The largest absolute Gasteiger partial charge is 0.479 e. The summed E-state index contributed by atoms with van der Waals surface area (Å²) in [5, 5.41) is 21.9. The van der Waals surface area contributed by atoms with Gasteiger partial charge in [0.05, 0.1) is 5.69 Å². The van der Waals surface area contributed by atoms with Gasteiger partial charge in [-0.05, 0) is 37.6 Å². The molecule has 0 bridgehead atoms. The van der Waals surface area contributed by atoms with Crippen molar-refractivity contribution in [3.8, 4) is 0 Å². The van der Waals surface area contributed by atoms with Gasteiger partial charge in [-0.2, -0.15) is 0 Å². The summed E-state index contributed by atoms with van der Waals surface area (Å²) >= 11 is 1.76. The Bertz CT molecular complexity index is 812. The van der Waals surface area contributed by atoms with Crippen molar-refractivity contribution in [3.05, 3.63) is 53.6 Å². The highest BCUT2D eigenvalue weighted by Gasteiger charge is 2.26. The molecule has 2 unspecified atom stereocenters. The molecular formula is C21H26N2O3S. The number of carboxylic acid groups (broad SMARTS) is 1. The summed E-state index contributed by atoms with van der Waals surface area (Å²) in [5.74, 6) is -1.17. The van der Waals surface area contributed by atoms with Crippen LogP contribution in [0.4, 0.5) is 5.69 Å². The fourth-order valence-corrected chi connectivity index (χ4v) is 4.45. The first-order chi connectivity index (χ1) is 12.9. The molecule has 1 aliphatic heterocycles. The van der Waals surface area contributed by atoms with Gasteiger partial charge in [-0.15, -0.1) is 0 Å². The molecule has 0 spiro atoms. The Hall–Kier alpha value is -2.02. The Morgan fingerprint density at radius 1 is 1.26 bits per heavy atom. The molecule has 2 aromatic rings. The van der Waals surface area contributed by atoms with Crippen molar-refractivity contribution in [3.63, 3.8) is 0 Å². The molecule has 0 radical (unpaired) electrons. The van der Waals surface area contributed by atoms with Crippen LogP contribution in [-0.4, -0.2) is 48.0 Å². The third-order valence-electron chi connectivity index (χ3n) is 4.80. The summed E-state index contributed by atoms with van der Waals surface area (Å²) in [7, 11) is 0. The Kier molecular flexibility index (Phi) is 6.42. The van der Waals surface area contributed by atoms with Gasteiger partial charge in [0.15, 0.2) is 6.10 Å². The average molecular weight is 387 g/mol. The number of para-hydroxylation sites is 1. The number of aliphatic hydroxyl groups excluding tert-OH is 1. The second-order valence-electron chi connectivity index (χ2n) is 7.03. The zero-order valence-corrected chi connectivity index (χ0v) is 16.5. The van der Waals surface area contributed by atoms with E-state index < -0.39 is 12.1 Å². The number of aliphatic hydroxyl groups is 1. The third kappa shape index (κ3) is 5.03. The first-order valence-corrected chi connectivity index (χ1v) is 9.99. The van der Waals surface area contributed by atoms with Crippen molar-refractivity contribution < 1.29 is 15.0 Å². The molecule has 5 nitrogen and oxygen atoms in total. The first kappa shape index (κ1) is 19.7. The normalized spacial score (nSPS) is 18.3. The summed E-state index contributed by atoms with van der Waals surface area (Å²) in [4.78, 5) is 15.6. The SMILES string of the molecule is Cc1ccc(Sc2ccccc2N2CCNC(CC(O)C(=O)O)C2)c(C)c1. The van der Waals surface area contributed by atoms with Crippen LogP contribution in [0.5, 0.6) is 0 Å². The van der Waals surface area contributed by atoms with Crippen molar-refractivity contribution >= 4 is 23.4 Å². The molecule has 2 aromatic carbocycles. The molecule has 3 N–H and O–H groups in total. The molecular weight excluding hydrogens is 360 g/mol. The van der Waals surface area contributed by atoms with Crippen LogP contribution in [0, 0.1) is 13.8 Å². The highest BCUT2D eigenvalue weighted by molar-refractivity contribution is 7.99. The maximum Gasteiger partial charge on any atom is 0.332 e. The second-order valence-corrected chi connectivity index (χ2v) is 8.11. The Morgan fingerprint density at radius 2 is 2.04 bits per heavy atom. The van der Waals surface area contributed by atoms with E-state index in [9.17, 15) is 9.90 Å². The zero-order valence-electron chi connectivity index (χ0n) is 15.7. The van der Waals surface area contributed by atoms with Gasteiger partial charge in [0.25, 0.3) is 0 Å². The molecule has 3 rings (SSSR count). The van der Waals surface area contributed by atoms with Crippen molar-refractivity contribution in [2.24, 2.45) is 0 Å². The predicted octanol–water partition coefficient (Wildman–Crippen LogP) is 3.07. The summed E-state index contributed by atoms with van der Waals surface area (Å²) < 4.78 is 0. The van der Waals surface area contributed by atoms with Gasteiger partial charge in [-0.1, -0.05) is 41.6 Å². The maximum absolute atomic E-state index is 10.9. The van der Waals surface area contributed by atoms with Gasteiger partial charge in [0.1, 0.15) is 0 Å². The fraction of sp³-hybridized carbons (Fsp3) is 0.381. The number of piperazine rings is 1. The summed E-state index contributed by atoms with van der Waals surface area (Å²) in [6.45, 7) is 6.52. The summed E-state index contributed by atoms with van der Waals surface area (Å²) in [6, 6.07) is 14.8. The van der Waals surface area contributed by atoms with E-state index in [0.29, 0.717) is 6.54 Å². The number of anilines is 1. The topological polar surface area (TPSA) is 72.8 Å². The molecule has 1 heterocycles. The lowest BCUT2D eigenvalue weighted by Crippen LogP contribution is -2.52. The first-order valence-electron chi connectivity index (χ1n) is 9.17. The van der Waals surface area contributed by atoms with Crippen LogP contribution in [0.2, 0.25) is 0 Å². The molecule has 27 heavy (non-hydrogen) atoms. The number of benzene rings is 2. The van der Waals surface area contributed by atoms with Crippen molar-refractivity contribution in [1.82, 2.24) is 5.32 Å². The van der Waals surface area contributed by atoms with Gasteiger partial charge in [0.2, 0.25) is 0 Å². The number of carbonyl (C=O) groups is 1. The maximum atomic E-state index is 10.9. The van der Waals surface area contributed by atoms with E-state index in [2.05, 4.69) is 54.4 Å². The van der Waals surface area contributed by atoms with Gasteiger partial charge >= 0.3 is 5.97 Å². The van der Waals surface area contributed by atoms with Crippen LogP contribution >= 0.6 is 11.8 Å². The monoisotopic (exact) mass is 386 g/mol. The molecule has 0 saturated carbocycles. The van der Waals surface area contributed by atoms with Crippen LogP contribution in [-0.2, 0) is 4.79 Å². The van der Waals surface area contributed by atoms with Crippen LogP contribution in [0.1, 0.15) is 17.5 Å². The standard InChI is InChI=1S/C21H26N2O3S/c1-14-7-8-19(15(2)11-14)27-20-6-4-3-5-17(20)23-10-9-22-16(13-23)12-18(24)21(25)26/h3-8,11,16,18,22,24H,9-10,12-13H2,1-2H3,(H,25,26). The van der Waals surface area contributed by atoms with E-state index in [1.165, 1.54) is 20.9 Å². The minimum atomic E-state index is -1.33. The highest BCUT2D eigenvalue weighted by atomic mass is 32.2. The minimum Gasteiger partial charge on any atom is -0.479 e. The third-order valence-corrected chi connectivity index (χ3v) is 6.05. The van der Waals surface area contributed by atoms with Crippen molar-refractivity contribution in [2.75, 3.05) is 24.5 Å². The van der Waals surface area contributed by atoms with E-state index in [1.807, 2.05) is 12.1 Å². The number of rotatable bonds is 6. The molecule has 144 valence electrons. The lowest BCUT2D eigenvalue weighted by atomic mass is 10.1. The molecule has 1 aliphatic rings. The number of hydrogen-bond donors (Lipinski definition) is 3. The lowest BCUT2D eigenvalue weighted by Gasteiger charge is -2.36. The Labute approximate surface area is 164 Å². The molecule has 1 saturated heterocycles. The predicted molar refractivity (Wildman–Crippen MR) is 109 cm³/mol. The lowest BCUT2D eigenvalue weighted by molar-refractivity contribution is -0.147. The number of nitrogens with zero attached hydrogens (tertiary/aromatic N) is 1. The Balaban J connectivity index is 1.77. The van der Waals surface area contributed by atoms with E-state index >= 15 is 0 Å². The molecule has 6 heteroatoms. The van der Waals surface area contributed by atoms with Crippen LogP contribution in [0.15, 0.2) is 52.3 Å². The summed E-state index contributed by atoms with van der Waals surface area (Å²) in [5.41, 5.74) is 3.67. The molecule has 0 aliphatic carbocycles. The molecule has 1 fully saturated rings. The second kappa shape index (κ2) is 8.78. The fourth-order valence-electron chi connectivity index (χ4n) is 3.41. The van der Waals surface area contributed by atoms with E-state index in [-0.39, 0.29) is 12.5 Å². The molecule has 0 amide bonds. The Morgan fingerprint density at radius 3 is 2.78 bits per heavy atom. The number of nitrogens with one attached hydrogen (secondary N) is 1.